The molecule has 5 heteroatoms. The predicted molar refractivity (Wildman–Crippen MR) is 141 cm³/mol. The van der Waals surface area contributed by atoms with Gasteiger partial charge in [0.15, 0.2) is 17.0 Å². The Morgan fingerprint density at radius 1 is 0.944 bits per heavy atom. The van der Waals surface area contributed by atoms with Crippen molar-refractivity contribution in [1.29, 1.82) is 0 Å². The van der Waals surface area contributed by atoms with E-state index in [1.807, 2.05) is 38.1 Å². The van der Waals surface area contributed by atoms with Crippen molar-refractivity contribution in [2.45, 2.75) is 58.8 Å². The summed E-state index contributed by atoms with van der Waals surface area (Å²) in [6, 6.07) is 16.0. The van der Waals surface area contributed by atoms with E-state index in [4.69, 9.17) is 4.42 Å². The molecule has 0 spiro atoms. The van der Waals surface area contributed by atoms with Crippen LogP contribution in [0.25, 0.3) is 11.0 Å². The number of ketones is 2. The molecular weight excluding hydrogens is 450 g/mol. The first kappa shape index (κ1) is 24.0. The lowest BCUT2D eigenvalue weighted by atomic mass is 9.74. The van der Waals surface area contributed by atoms with Crippen LogP contribution in [0.5, 0.6) is 0 Å². The lowest BCUT2D eigenvalue weighted by molar-refractivity contribution is -0.116. The average molecular weight is 482 g/mol. The molecular formula is C31H31NO4. The van der Waals surface area contributed by atoms with Crippen molar-refractivity contribution in [3.63, 3.8) is 0 Å². The summed E-state index contributed by atoms with van der Waals surface area (Å²) in [5.74, 6) is 0.348. The predicted octanol–water partition coefficient (Wildman–Crippen LogP) is 6.37. The van der Waals surface area contributed by atoms with Gasteiger partial charge in [-0.1, -0.05) is 61.7 Å². The lowest BCUT2D eigenvalue weighted by Gasteiger charge is -2.32. The van der Waals surface area contributed by atoms with E-state index in [2.05, 4.69) is 5.32 Å². The number of hydrogen-bond acceptors (Lipinski definition) is 5. The molecule has 1 atom stereocenters. The summed E-state index contributed by atoms with van der Waals surface area (Å²) in [5.41, 5.74) is 4.04. The molecule has 0 radical (unpaired) electrons. The third-order valence-corrected chi connectivity index (χ3v) is 7.57. The van der Waals surface area contributed by atoms with Crippen molar-refractivity contribution >= 4 is 22.5 Å². The lowest BCUT2D eigenvalue weighted by Crippen LogP contribution is -2.31. The van der Waals surface area contributed by atoms with E-state index < -0.39 is 5.92 Å². The number of para-hydroxylation sites is 1. The molecule has 2 aliphatic rings. The highest BCUT2D eigenvalue weighted by Crippen LogP contribution is 2.43. The van der Waals surface area contributed by atoms with E-state index in [-0.39, 0.29) is 17.0 Å². The van der Waals surface area contributed by atoms with Gasteiger partial charge in [0.2, 0.25) is 0 Å². The molecule has 2 aromatic carbocycles. The Balaban J connectivity index is 1.70. The molecule has 5 nitrogen and oxygen atoms in total. The van der Waals surface area contributed by atoms with Crippen LogP contribution in [0, 0.1) is 12.8 Å². The van der Waals surface area contributed by atoms with Crippen molar-refractivity contribution in [2.24, 2.45) is 5.92 Å². The number of rotatable bonds is 7. The molecule has 184 valence electrons. The molecule has 1 fully saturated rings. The number of aryl methyl sites for hydroxylation is 1. The van der Waals surface area contributed by atoms with Crippen molar-refractivity contribution in [1.82, 2.24) is 5.32 Å². The second kappa shape index (κ2) is 9.73. The first-order chi connectivity index (χ1) is 17.3. The van der Waals surface area contributed by atoms with Gasteiger partial charge in [0, 0.05) is 52.1 Å². The number of benzene rings is 2. The number of hydrogen-bond donors (Lipinski definition) is 1. The fraction of sp³-hybridized carbons (Fsp3) is 0.323. The van der Waals surface area contributed by atoms with E-state index in [0.717, 1.165) is 12.1 Å². The van der Waals surface area contributed by atoms with E-state index >= 15 is 0 Å². The van der Waals surface area contributed by atoms with Gasteiger partial charge in [0.1, 0.15) is 11.3 Å². The van der Waals surface area contributed by atoms with E-state index in [0.29, 0.717) is 57.0 Å². The Morgan fingerprint density at radius 2 is 1.67 bits per heavy atom. The first-order valence-electron chi connectivity index (χ1n) is 12.7. The molecule has 1 aromatic heterocycles. The monoisotopic (exact) mass is 481 g/mol. The van der Waals surface area contributed by atoms with Crippen molar-refractivity contribution < 1.29 is 14.0 Å². The minimum Gasteiger partial charge on any atom is -0.461 e. The van der Waals surface area contributed by atoms with E-state index in [9.17, 15) is 14.4 Å². The SMILES string of the molecule is CC1=C(C(=O)CCC2CCC2)C(c2cccc3c(=O)cc(C)oc23)C(C(=O)c2ccccc2)=C(C)N1. The number of Topliss-reactive ketones (excluding diaryl/α,β-unsaturated/α-hetero) is 2. The first-order valence-corrected chi connectivity index (χ1v) is 12.7. The van der Waals surface area contributed by atoms with Gasteiger partial charge < -0.3 is 9.73 Å². The van der Waals surface area contributed by atoms with E-state index in [1.165, 1.54) is 25.3 Å². The third-order valence-electron chi connectivity index (χ3n) is 7.57. The molecule has 0 amide bonds. The quantitative estimate of drug-likeness (QED) is 0.397. The second-order valence-corrected chi connectivity index (χ2v) is 10.0. The van der Waals surface area contributed by atoms with Crippen LogP contribution in [0.2, 0.25) is 0 Å². The maximum absolute atomic E-state index is 13.9. The van der Waals surface area contributed by atoms with Gasteiger partial charge in [-0.25, -0.2) is 0 Å². The Hall–Kier alpha value is -3.73. The zero-order valence-corrected chi connectivity index (χ0v) is 21.0. The largest absolute Gasteiger partial charge is 0.461 e. The molecule has 1 unspecified atom stereocenters. The van der Waals surface area contributed by atoms with Crippen molar-refractivity contribution in [2.75, 3.05) is 0 Å². The molecule has 0 bridgehead atoms. The van der Waals surface area contributed by atoms with Gasteiger partial charge in [-0.2, -0.15) is 0 Å². The molecule has 1 saturated carbocycles. The summed E-state index contributed by atoms with van der Waals surface area (Å²) >= 11 is 0. The highest BCUT2D eigenvalue weighted by Gasteiger charge is 2.38. The number of carbonyl (C=O) groups excluding carboxylic acids is 2. The van der Waals surface area contributed by atoms with Crippen LogP contribution in [0.15, 0.2) is 86.3 Å². The van der Waals surface area contributed by atoms with Gasteiger partial charge in [-0.15, -0.1) is 0 Å². The maximum atomic E-state index is 13.9. The summed E-state index contributed by atoms with van der Waals surface area (Å²) in [7, 11) is 0. The van der Waals surface area contributed by atoms with E-state index in [1.54, 1.807) is 31.2 Å². The van der Waals surface area contributed by atoms with Crippen LogP contribution in [0.4, 0.5) is 0 Å². The highest BCUT2D eigenvalue weighted by molar-refractivity contribution is 6.13. The van der Waals surface area contributed by atoms with Crippen LogP contribution < -0.4 is 10.7 Å². The summed E-state index contributed by atoms with van der Waals surface area (Å²) < 4.78 is 6.10. The molecule has 2 heterocycles. The zero-order chi connectivity index (χ0) is 25.4. The minimum absolute atomic E-state index is 0.0368. The Morgan fingerprint density at radius 3 is 2.36 bits per heavy atom. The van der Waals surface area contributed by atoms with Gasteiger partial charge in [0.05, 0.1) is 5.39 Å². The Labute approximate surface area is 210 Å². The summed E-state index contributed by atoms with van der Waals surface area (Å²) in [6.45, 7) is 5.50. The molecule has 1 aliphatic carbocycles. The van der Waals surface area contributed by atoms with Crippen LogP contribution in [-0.4, -0.2) is 11.6 Å². The Kier molecular flexibility index (Phi) is 6.48. The molecule has 3 aromatic rings. The maximum Gasteiger partial charge on any atom is 0.192 e. The highest BCUT2D eigenvalue weighted by atomic mass is 16.3. The average Bonchev–Trinajstić information content (AvgIpc) is 2.82. The number of carbonyl (C=O) groups is 2. The van der Waals surface area contributed by atoms with Gasteiger partial charge >= 0.3 is 0 Å². The van der Waals surface area contributed by atoms with Gasteiger partial charge in [0.25, 0.3) is 0 Å². The number of fused-ring (bicyclic) bond motifs is 1. The second-order valence-electron chi connectivity index (χ2n) is 10.0. The normalized spacial score (nSPS) is 18.2. The van der Waals surface area contributed by atoms with Crippen LogP contribution in [0.1, 0.15) is 73.6 Å². The molecule has 36 heavy (non-hydrogen) atoms. The van der Waals surface area contributed by atoms with Crippen LogP contribution in [0.3, 0.4) is 0 Å². The number of allylic oxidation sites excluding steroid dienone is 4. The fourth-order valence-corrected chi connectivity index (χ4v) is 5.52. The zero-order valence-electron chi connectivity index (χ0n) is 21.0. The third kappa shape index (κ3) is 4.34. The molecule has 1 N–H and O–H groups in total. The number of dihydropyridines is 1. The topological polar surface area (TPSA) is 76.4 Å². The van der Waals surface area contributed by atoms with Crippen molar-refractivity contribution in [3.8, 4) is 0 Å². The summed E-state index contributed by atoms with van der Waals surface area (Å²) in [5, 5.41) is 3.77. The van der Waals surface area contributed by atoms with Crippen LogP contribution >= 0.6 is 0 Å². The standard InChI is InChI=1S/C31H31NO4/c1-18-17-26(34)23-13-8-14-24(31(23)36-18)29-27(25(33)16-15-21-9-7-10-21)19(2)32-20(3)28(29)30(35)22-11-5-4-6-12-22/h4-6,8,11-14,17,21,29,32H,7,9-10,15-16H2,1-3H3. The van der Waals surface area contributed by atoms with Crippen molar-refractivity contribution in [3.05, 3.63) is 104 Å². The number of nitrogens with one attached hydrogen (secondary N) is 1. The summed E-state index contributed by atoms with van der Waals surface area (Å²) in [4.78, 5) is 40.5. The van der Waals surface area contributed by atoms with Crippen LogP contribution in [-0.2, 0) is 4.79 Å². The minimum atomic E-state index is -0.638. The Bertz CT molecular complexity index is 1470. The molecule has 0 saturated heterocycles. The fourth-order valence-electron chi connectivity index (χ4n) is 5.52. The summed E-state index contributed by atoms with van der Waals surface area (Å²) in [6.07, 6.45) is 4.89. The van der Waals surface area contributed by atoms with Gasteiger partial charge in [-0.3, -0.25) is 14.4 Å². The smallest absolute Gasteiger partial charge is 0.192 e. The van der Waals surface area contributed by atoms with Gasteiger partial charge in [-0.05, 0) is 39.2 Å². The molecule has 5 rings (SSSR count). The molecule has 1 aliphatic heterocycles.